The number of ether oxygens (including phenoxy) is 2. The number of halogens is 2. The summed E-state index contributed by atoms with van der Waals surface area (Å²) in [7, 11) is 2.03. The molecule has 84 valence electrons. The molecular formula is C7H12F2O5. The van der Waals surface area contributed by atoms with Crippen LogP contribution < -0.4 is 0 Å². The molecule has 5 nitrogen and oxygen atoms in total. The number of alkyl halides is 2. The fourth-order valence-corrected chi connectivity index (χ4v) is 0.920. The molecule has 0 aliphatic heterocycles. The van der Waals surface area contributed by atoms with Gasteiger partial charge in [-0.3, -0.25) is 0 Å². The van der Waals surface area contributed by atoms with Crippen LogP contribution in [0.1, 0.15) is 6.92 Å². The van der Waals surface area contributed by atoms with Crippen molar-refractivity contribution in [3.63, 3.8) is 0 Å². The molecular weight excluding hydrogens is 202 g/mol. The van der Waals surface area contributed by atoms with Gasteiger partial charge in [0.1, 0.15) is 0 Å². The Hall–Kier alpha value is -0.790. The lowest BCUT2D eigenvalue weighted by Crippen LogP contribution is -2.59. The van der Waals surface area contributed by atoms with Gasteiger partial charge in [0.2, 0.25) is 0 Å². The quantitative estimate of drug-likeness (QED) is 0.633. The number of aliphatic hydroxyl groups is 1. The molecule has 0 aliphatic carbocycles. The Morgan fingerprint density at radius 2 is 1.71 bits per heavy atom. The van der Waals surface area contributed by atoms with E-state index in [0.717, 1.165) is 14.2 Å². The summed E-state index contributed by atoms with van der Waals surface area (Å²) in [5.41, 5.74) is -2.94. The lowest BCUT2D eigenvalue weighted by molar-refractivity contribution is -0.283. The van der Waals surface area contributed by atoms with E-state index in [1.807, 2.05) is 0 Å². The zero-order valence-corrected chi connectivity index (χ0v) is 7.95. The van der Waals surface area contributed by atoms with E-state index in [1.54, 1.807) is 0 Å². The molecule has 0 saturated heterocycles. The first kappa shape index (κ1) is 13.2. The first-order valence-electron chi connectivity index (χ1n) is 3.61. The molecule has 2 N–H and O–H groups in total. The lowest BCUT2D eigenvalue weighted by Gasteiger charge is -2.34. The Labute approximate surface area is 79.2 Å². The van der Waals surface area contributed by atoms with E-state index in [1.165, 1.54) is 0 Å². The van der Waals surface area contributed by atoms with Gasteiger partial charge in [0.15, 0.2) is 11.9 Å². The molecule has 1 atom stereocenters. The molecule has 0 saturated carbocycles. The van der Waals surface area contributed by atoms with Crippen LogP contribution in [0.15, 0.2) is 0 Å². The van der Waals surface area contributed by atoms with E-state index in [-0.39, 0.29) is 0 Å². The standard InChI is InChI=1S/C7H12F2O5/c1-6(12,5(13-2)14-3)7(8,9)4(10)11/h5,12H,1-3H3,(H,10,11). The van der Waals surface area contributed by atoms with Crippen molar-refractivity contribution in [2.75, 3.05) is 14.2 Å². The van der Waals surface area contributed by atoms with Crippen molar-refractivity contribution >= 4 is 5.97 Å². The monoisotopic (exact) mass is 214 g/mol. The highest BCUT2D eigenvalue weighted by atomic mass is 19.3. The van der Waals surface area contributed by atoms with Crippen molar-refractivity contribution in [2.24, 2.45) is 0 Å². The van der Waals surface area contributed by atoms with Gasteiger partial charge >= 0.3 is 11.9 Å². The molecule has 7 heteroatoms. The van der Waals surface area contributed by atoms with Crippen LogP contribution >= 0.6 is 0 Å². The molecule has 0 spiro atoms. The largest absolute Gasteiger partial charge is 0.477 e. The summed E-state index contributed by atoms with van der Waals surface area (Å²) in [4.78, 5) is 10.2. The predicted molar refractivity (Wildman–Crippen MR) is 41.0 cm³/mol. The maximum absolute atomic E-state index is 12.9. The van der Waals surface area contributed by atoms with Crippen LogP contribution in [0.5, 0.6) is 0 Å². The minimum Gasteiger partial charge on any atom is -0.477 e. The summed E-state index contributed by atoms with van der Waals surface area (Å²) in [6.45, 7) is 0.624. The third-order valence-electron chi connectivity index (χ3n) is 1.79. The maximum atomic E-state index is 12.9. The van der Waals surface area contributed by atoms with Crippen molar-refractivity contribution in [2.45, 2.75) is 24.7 Å². The minimum atomic E-state index is -4.36. The van der Waals surface area contributed by atoms with E-state index >= 15 is 0 Å². The normalized spacial score (nSPS) is 16.8. The van der Waals surface area contributed by atoms with E-state index in [0.29, 0.717) is 6.92 Å². The van der Waals surface area contributed by atoms with Crippen LogP contribution in [0, 0.1) is 0 Å². The van der Waals surface area contributed by atoms with Crippen LogP contribution in [-0.2, 0) is 14.3 Å². The van der Waals surface area contributed by atoms with Gasteiger partial charge in [-0.05, 0) is 6.92 Å². The third kappa shape index (κ3) is 1.99. The number of carboxylic acid groups (broad SMARTS) is 1. The van der Waals surface area contributed by atoms with Crippen molar-refractivity contribution in [1.82, 2.24) is 0 Å². The Bertz CT molecular complexity index is 212. The van der Waals surface area contributed by atoms with Crippen LogP contribution in [0.2, 0.25) is 0 Å². The summed E-state index contributed by atoms with van der Waals surface area (Å²) >= 11 is 0. The second-order valence-electron chi connectivity index (χ2n) is 2.83. The van der Waals surface area contributed by atoms with Crippen molar-refractivity contribution in [3.8, 4) is 0 Å². The number of hydrogen-bond acceptors (Lipinski definition) is 4. The van der Waals surface area contributed by atoms with Crippen LogP contribution in [-0.4, -0.2) is 48.2 Å². The maximum Gasteiger partial charge on any atom is 0.377 e. The fourth-order valence-electron chi connectivity index (χ4n) is 0.920. The number of methoxy groups -OCH3 is 2. The Kier molecular flexibility index (Phi) is 3.92. The molecule has 0 bridgehead atoms. The zero-order valence-electron chi connectivity index (χ0n) is 7.95. The second kappa shape index (κ2) is 4.16. The SMILES string of the molecule is COC(OC)C(C)(O)C(F)(F)C(=O)O. The van der Waals surface area contributed by atoms with Gasteiger partial charge < -0.3 is 19.7 Å². The molecule has 0 aromatic heterocycles. The number of carboxylic acids is 1. The van der Waals surface area contributed by atoms with Crippen LogP contribution in [0.4, 0.5) is 8.78 Å². The van der Waals surface area contributed by atoms with Crippen molar-refractivity contribution < 1.29 is 33.3 Å². The molecule has 0 rings (SSSR count). The highest BCUT2D eigenvalue weighted by molar-refractivity contribution is 5.77. The fraction of sp³-hybridized carbons (Fsp3) is 0.857. The lowest BCUT2D eigenvalue weighted by atomic mass is 9.97. The highest BCUT2D eigenvalue weighted by Gasteiger charge is 2.60. The summed E-state index contributed by atoms with van der Waals surface area (Å²) in [6, 6.07) is 0. The smallest absolute Gasteiger partial charge is 0.377 e. The van der Waals surface area contributed by atoms with Crippen molar-refractivity contribution in [1.29, 1.82) is 0 Å². The highest BCUT2D eigenvalue weighted by Crippen LogP contribution is 2.33. The summed E-state index contributed by atoms with van der Waals surface area (Å²) in [5.74, 6) is -6.80. The summed E-state index contributed by atoms with van der Waals surface area (Å²) < 4.78 is 34.6. The number of hydrogen-bond donors (Lipinski definition) is 2. The Balaban J connectivity index is 5.00. The zero-order chi connectivity index (χ0) is 11.6. The number of aliphatic carboxylic acids is 1. The van der Waals surface area contributed by atoms with E-state index in [2.05, 4.69) is 9.47 Å². The number of carbonyl (C=O) groups is 1. The van der Waals surface area contributed by atoms with Gasteiger partial charge in [-0.2, -0.15) is 8.78 Å². The molecule has 0 radical (unpaired) electrons. The van der Waals surface area contributed by atoms with E-state index in [4.69, 9.17) is 5.11 Å². The average molecular weight is 214 g/mol. The third-order valence-corrected chi connectivity index (χ3v) is 1.79. The molecule has 0 aliphatic rings. The van der Waals surface area contributed by atoms with Gasteiger partial charge in [-0.15, -0.1) is 0 Å². The summed E-state index contributed by atoms with van der Waals surface area (Å²) in [5, 5.41) is 17.5. The van der Waals surface area contributed by atoms with Crippen molar-refractivity contribution in [3.05, 3.63) is 0 Å². The predicted octanol–water partition coefficient (Wildman–Crippen LogP) is 0.0762. The number of rotatable bonds is 5. The summed E-state index contributed by atoms with van der Waals surface area (Å²) in [6.07, 6.45) is -1.73. The van der Waals surface area contributed by atoms with Gasteiger partial charge in [0.25, 0.3) is 0 Å². The first-order chi connectivity index (χ1) is 6.21. The molecule has 0 heterocycles. The van der Waals surface area contributed by atoms with Gasteiger partial charge in [-0.1, -0.05) is 0 Å². The van der Waals surface area contributed by atoms with Gasteiger partial charge in [-0.25, -0.2) is 4.79 Å². The molecule has 14 heavy (non-hydrogen) atoms. The Morgan fingerprint density at radius 3 is 1.93 bits per heavy atom. The average Bonchev–Trinajstić information content (AvgIpc) is 2.05. The van der Waals surface area contributed by atoms with Crippen LogP contribution in [0.3, 0.4) is 0 Å². The van der Waals surface area contributed by atoms with Gasteiger partial charge in [0.05, 0.1) is 0 Å². The first-order valence-corrected chi connectivity index (χ1v) is 3.61. The second-order valence-corrected chi connectivity index (χ2v) is 2.83. The molecule has 1 unspecified atom stereocenters. The molecule has 0 fully saturated rings. The van der Waals surface area contributed by atoms with Gasteiger partial charge in [0, 0.05) is 14.2 Å². The van der Waals surface area contributed by atoms with E-state index < -0.39 is 23.8 Å². The molecule has 0 amide bonds. The van der Waals surface area contributed by atoms with Crippen LogP contribution in [0.25, 0.3) is 0 Å². The molecule has 0 aromatic carbocycles. The topological polar surface area (TPSA) is 76.0 Å². The molecule has 0 aromatic rings. The Morgan fingerprint density at radius 1 is 1.36 bits per heavy atom. The minimum absolute atomic E-state index is 0.624. The van der Waals surface area contributed by atoms with E-state index in [9.17, 15) is 18.7 Å².